The molecule has 0 aliphatic heterocycles. The molecule has 0 aromatic carbocycles. The fourth-order valence-corrected chi connectivity index (χ4v) is 8.95. The number of aliphatic carboxylic acids is 3. The van der Waals surface area contributed by atoms with Crippen LogP contribution in [-0.4, -0.2) is 33.2 Å². The van der Waals surface area contributed by atoms with E-state index in [4.69, 9.17) is 0 Å². The molecule has 0 aromatic heterocycles. The molecule has 0 aromatic rings. The van der Waals surface area contributed by atoms with Crippen LogP contribution in [0.15, 0.2) is 0 Å². The number of carboxylic acids is 3. The van der Waals surface area contributed by atoms with Gasteiger partial charge < -0.3 is 15.3 Å². The zero-order valence-electron chi connectivity index (χ0n) is 25.9. The Labute approximate surface area is 249 Å². The van der Waals surface area contributed by atoms with Gasteiger partial charge in [-0.1, -0.05) is 135 Å². The highest BCUT2D eigenvalue weighted by Crippen LogP contribution is 2.58. The summed E-state index contributed by atoms with van der Waals surface area (Å²) in [5.74, 6) is -3.26. The number of carbonyl (C=O) groups is 3. The van der Waals surface area contributed by atoms with Gasteiger partial charge in [-0.25, -0.2) is 0 Å². The molecule has 6 heteroatoms. The number of rotatable bonds is 7. The normalized spacial score (nSPS) is 25.4. The molecule has 0 saturated heterocycles. The van der Waals surface area contributed by atoms with Crippen LogP contribution in [-0.2, 0) is 14.4 Å². The van der Waals surface area contributed by atoms with Crippen molar-refractivity contribution in [3.8, 4) is 0 Å². The van der Waals surface area contributed by atoms with Crippen molar-refractivity contribution in [2.45, 2.75) is 180 Å². The van der Waals surface area contributed by atoms with Gasteiger partial charge in [0.25, 0.3) is 0 Å². The monoisotopic (exact) mass is 576 g/mol. The highest BCUT2D eigenvalue weighted by atomic mass is 16.4. The van der Waals surface area contributed by atoms with Crippen molar-refractivity contribution in [1.82, 2.24) is 0 Å². The maximum atomic E-state index is 13.7. The number of hydrogen-bond acceptors (Lipinski definition) is 3. The molecule has 0 amide bonds. The lowest BCUT2D eigenvalue weighted by atomic mass is 9.51. The zero-order valence-corrected chi connectivity index (χ0v) is 25.9. The van der Waals surface area contributed by atoms with Gasteiger partial charge in [0.05, 0.1) is 16.2 Å². The first kappa shape index (κ1) is 33.9. The Hall–Kier alpha value is -1.59. The van der Waals surface area contributed by atoms with Gasteiger partial charge in [0, 0.05) is 0 Å². The molecular formula is C35H60O6. The van der Waals surface area contributed by atoms with Crippen LogP contribution in [0.4, 0.5) is 0 Å². The lowest BCUT2D eigenvalue weighted by molar-refractivity contribution is -0.178. The summed E-state index contributed by atoms with van der Waals surface area (Å²) >= 11 is 0. The average Bonchev–Trinajstić information content (AvgIpc) is 2.96. The summed E-state index contributed by atoms with van der Waals surface area (Å²) in [6.07, 6.45) is 23.8. The topological polar surface area (TPSA) is 112 Å². The molecular weight excluding hydrogens is 516 g/mol. The summed E-state index contributed by atoms with van der Waals surface area (Å²) in [6.45, 7) is 0. The molecule has 6 nitrogen and oxygen atoms in total. The second kappa shape index (κ2) is 16.9. The van der Waals surface area contributed by atoms with E-state index < -0.39 is 40.1 Å². The number of hydrogen-bond donors (Lipinski definition) is 3. The van der Waals surface area contributed by atoms with E-state index in [-0.39, 0.29) is 6.42 Å². The second-order valence-electron chi connectivity index (χ2n) is 14.2. The Morgan fingerprint density at radius 3 is 0.878 bits per heavy atom. The van der Waals surface area contributed by atoms with Gasteiger partial charge in [-0.3, -0.25) is 14.4 Å². The fourth-order valence-electron chi connectivity index (χ4n) is 8.95. The zero-order chi connectivity index (χ0) is 29.6. The molecule has 3 aliphatic rings. The summed E-state index contributed by atoms with van der Waals surface area (Å²) in [7, 11) is 0. The van der Waals surface area contributed by atoms with Gasteiger partial charge >= 0.3 is 17.9 Å². The van der Waals surface area contributed by atoms with E-state index in [9.17, 15) is 29.7 Å². The Kier molecular flexibility index (Phi) is 14.0. The largest absolute Gasteiger partial charge is 0.481 e. The molecule has 0 spiro atoms. The van der Waals surface area contributed by atoms with Crippen molar-refractivity contribution < 1.29 is 29.7 Å². The SMILES string of the molecule is O=C(O)C1(CC(C2(C(=O)O)CCCCCCCCC2)C2(C(=O)O)CCCCCCCCC2)CCCCCCCCC1. The quantitative estimate of drug-likeness (QED) is 0.278. The summed E-state index contributed by atoms with van der Waals surface area (Å²) in [5.41, 5.74) is -3.45. The van der Waals surface area contributed by atoms with Crippen molar-refractivity contribution in [1.29, 1.82) is 0 Å². The first-order chi connectivity index (χ1) is 19.8. The lowest BCUT2D eigenvalue weighted by Crippen LogP contribution is -2.54. The molecule has 0 radical (unpaired) electrons. The van der Waals surface area contributed by atoms with Crippen molar-refractivity contribution in [3.05, 3.63) is 0 Å². The van der Waals surface area contributed by atoms with E-state index >= 15 is 0 Å². The Morgan fingerprint density at radius 2 is 0.634 bits per heavy atom. The van der Waals surface area contributed by atoms with Gasteiger partial charge in [0.1, 0.15) is 0 Å². The Balaban J connectivity index is 2.18. The van der Waals surface area contributed by atoms with E-state index in [1.165, 1.54) is 19.3 Å². The van der Waals surface area contributed by atoms with Crippen molar-refractivity contribution in [2.24, 2.45) is 22.2 Å². The third-order valence-electron chi connectivity index (χ3n) is 11.5. The second-order valence-corrected chi connectivity index (χ2v) is 14.2. The molecule has 3 saturated carbocycles. The van der Waals surface area contributed by atoms with E-state index in [0.717, 1.165) is 116 Å². The first-order valence-electron chi connectivity index (χ1n) is 17.5. The standard InChI is InChI=1S/C35H60O6/c36-30(37)33(22-16-10-4-1-5-11-17-23-33)28-29(34(31(38)39)24-18-12-6-2-7-13-19-25-34)35(32(40)41)26-20-14-8-3-9-15-21-27-35/h29H,1-28H2,(H,36,37)(H,38,39)(H,40,41). The van der Waals surface area contributed by atoms with Gasteiger partial charge in [0.15, 0.2) is 0 Å². The van der Waals surface area contributed by atoms with Crippen molar-refractivity contribution in [2.75, 3.05) is 0 Å². The summed E-state index contributed by atoms with van der Waals surface area (Å²) in [4.78, 5) is 40.7. The van der Waals surface area contributed by atoms with Crippen LogP contribution in [0.3, 0.4) is 0 Å². The molecule has 0 heterocycles. The summed E-state index contributed by atoms with van der Waals surface area (Å²) < 4.78 is 0. The minimum absolute atomic E-state index is 0.195. The molecule has 0 atom stereocenters. The first-order valence-corrected chi connectivity index (χ1v) is 17.5. The number of carboxylic acid groups (broad SMARTS) is 3. The van der Waals surface area contributed by atoms with Crippen molar-refractivity contribution in [3.63, 3.8) is 0 Å². The van der Waals surface area contributed by atoms with E-state index in [2.05, 4.69) is 0 Å². The summed E-state index contributed by atoms with van der Waals surface area (Å²) in [6, 6.07) is 0. The molecule has 3 aliphatic carbocycles. The van der Waals surface area contributed by atoms with Crippen LogP contribution in [0.25, 0.3) is 0 Å². The maximum absolute atomic E-state index is 13.7. The van der Waals surface area contributed by atoms with Crippen LogP contribution >= 0.6 is 0 Å². The van der Waals surface area contributed by atoms with Crippen LogP contribution in [0.2, 0.25) is 0 Å². The van der Waals surface area contributed by atoms with Crippen LogP contribution in [0.5, 0.6) is 0 Å². The molecule has 0 unspecified atom stereocenters. The Morgan fingerprint density at radius 1 is 0.390 bits per heavy atom. The molecule has 3 N–H and O–H groups in total. The van der Waals surface area contributed by atoms with E-state index in [1.54, 1.807) is 0 Å². The molecule has 3 fully saturated rings. The minimum Gasteiger partial charge on any atom is -0.481 e. The highest BCUT2D eigenvalue weighted by molar-refractivity contribution is 5.81. The van der Waals surface area contributed by atoms with Gasteiger partial charge in [0.2, 0.25) is 0 Å². The fraction of sp³-hybridized carbons (Fsp3) is 0.914. The van der Waals surface area contributed by atoms with E-state index in [0.29, 0.717) is 38.5 Å². The van der Waals surface area contributed by atoms with Crippen molar-refractivity contribution >= 4 is 17.9 Å². The van der Waals surface area contributed by atoms with Crippen LogP contribution < -0.4 is 0 Å². The summed E-state index contributed by atoms with van der Waals surface area (Å²) in [5, 5.41) is 33.3. The molecule has 0 bridgehead atoms. The Bertz CT molecular complexity index is 745. The maximum Gasteiger partial charge on any atom is 0.309 e. The minimum atomic E-state index is -1.20. The van der Waals surface area contributed by atoms with E-state index in [1.807, 2.05) is 0 Å². The van der Waals surface area contributed by atoms with Gasteiger partial charge in [-0.05, 0) is 50.9 Å². The molecule has 236 valence electrons. The third kappa shape index (κ3) is 8.95. The third-order valence-corrected chi connectivity index (χ3v) is 11.5. The van der Waals surface area contributed by atoms with Gasteiger partial charge in [-0.2, -0.15) is 0 Å². The van der Waals surface area contributed by atoms with Crippen LogP contribution in [0, 0.1) is 22.2 Å². The van der Waals surface area contributed by atoms with Crippen LogP contribution in [0.1, 0.15) is 180 Å². The average molecular weight is 577 g/mol. The van der Waals surface area contributed by atoms with Gasteiger partial charge in [-0.15, -0.1) is 0 Å². The smallest absolute Gasteiger partial charge is 0.309 e. The molecule has 3 rings (SSSR count). The predicted octanol–water partition coefficient (Wildman–Crippen LogP) is 9.78. The molecule has 41 heavy (non-hydrogen) atoms. The predicted molar refractivity (Wildman–Crippen MR) is 163 cm³/mol. The highest BCUT2D eigenvalue weighted by Gasteiger charge is 2.60. The lowest BCUT2D eigenvalue weighted by Gasteiger charge is -2.51.